The minimum absolute atomic E-state index is 0.0109. The highest BCUT2D eigenvalue weighted by Crippen LogP contribution is 2.18. The zero-order valence-electron chi connectivity index (χ0n) is 16.6. The molecule has 0 aromatic heterocycles. The molecule has 0 radical (unpaired) electrons. The second-order valence-electron chi connectivity index (χ2n) is 7.11. The standard InChI is InChI=1S/C23H23FN2O3S/c1-30(28,29)25-20-12-13-22(24)21(14-20)23(27)17-26(15-18-8-4-2-5-9-18)16-19-10-6-3-7-11-19/h2-14,25H,15-17H2,1H3. The van der Waals surface area contributed by atoms with Crippen LogP contribution in [0.1, 0.15) is 21.5 Å². The van der Waals surface area contributed by atoms with Gasteiger partial charge in [-0.3, -0.25) is 14.4 Å². The molecule has 0 aliphatic heterocycles. The van der Waals surface area contributed by atoms with Crippen molar-refractivity contribution in [3.8, 4) is 0 Å². The highest BCUT2D eigenvalue weighted by molar-refractivity contribution is 7.92. The number of anilines is 1. The van der Waals surface area contributed by atoms with Gasteiger partial charge in [-0.25, -0.2) is 12.8 Å². The molecule has 3 aromatic carbocycles. The number of sulfonamides is 1. The maximum atomic E-state index is 14.3. The number of benzene rings is 3. The zero-order valence-corrected chi connectivity index (χ0v) is 17.4. The van der Waals surface area contributed by atoms with Gasteiger partial charge in [0.05, 0.1) is 18.4 Å². The molecule has 5 nitrogen and oxygen atoms in total. The molecule has 0 aliphatic carbocycles. The molecule has 1 N–H and O–H groups in total. The van der Waals surface area contributed by atoms with Crippen molar-refractivity contribution in [2.75, 3.05) is 17.5 Å². The monoisotopic (exact) mass is 426 g/mol. The van der Waals surface area contributed by atoms with Crippen LogP contribution >= 0.6 is 0 Å². The fourth-order valence-corrected chi connectivity index (χ4v) is 3.71. The van der Waals surface area contributed by atoms with Crippen molar-refractivity contribution in [3.05, 3.63) is 101 Å². The van der Waals surface area contributed by atoms with E-state index in [-0.39, 0.29) is 17.8 Å². The summed E-state index contributed by atoms with van der Waals surface area (Å²) in [7, 11) is -3.53. The first-order valence-electron chi connectivity index (χ1n) is 9.41. The summed E-state index contributed by atoms with van der Waals surface area (Å²) < 4.78 is 39.5. The van der Waals surface area contributed by atoms with Crippen molar-refractivity contribution in [1.82, 2.24) is 4.90 Å². The lowest BCUT2D eigenvalue weighted by Gasteiger charge is -2.22. The first kappa shape index (κ1) is 21.7. The minimum Gasteiger partial charge on any atom is -0.293 e. The van der Waals surface area contributed by atoms with Gasteiger partial charge in [-0.2, -0.15) is 0 Å². The number of carbonyl (C=O) groups is 1. The minimum atomic E-state index is -3.53. The van der Waals surface area contributed by atoms with Crippen LogP contribution in [0.5, 0.6) is 0 Å². The van der Waals surface area contributed by atoms with E-state index in [0.29, 0.717) is 13.1 Å². The van der Waals surface area contributed by atoms with Crippen LogP contribution in [0.2, 0.25) is 0 Å². The molecule has 0 atom stereocenters. The van der Waals surface area contributed by atoms with Crippen LogP contribution in [0, 0.1) is 5.82 Å². The van der Waals surface area contributed by atoms with Gasteiger partial charge < -0.3 is 0 Å². The Bertz CT molecular complexity index is 1060. The number of hydrogen-bond donors (Lipinski definition) is 1. The third-order valence-electron chi connectivity index (χ3n) is 4.44. The van der Waals surface area contributed by atoms with Crippen molar-refractivity contribution < 1.29 is 17.6 Å². The Kier molecular flexibility index (Phi) is 6.97. The topological polar surface area (TPSA) is 66.5 Å². The molecular formula is C23H23FN2O3S. The van der Waals surface area contributed by atoms with Gasteiger partial charge in [0, 0.05) is 18.8 Å². The molecule has 0 saturated heterocycles. The van der Waals surface area contributed by atoms with E-state index in [0.717, 1.165) is 23.4 Å². The predicted molar refractivity (Wildman–Crippen MR) is 116 cm³/mol. The Morgan fingerprint density at radius 2 is 1.43 bits per heavy atom. The fourth-order valence-electron chi connectivity index (χ4n) is 3.16. The number of Topliss-reactive ketones (excluding diaryl/α,β-unsaturated/α-hetero) is 1. The lowest BCUT2D eigenvalue weighted by atomic mass is 10.1. The summed E-state index contributed by atoms with van der Waals surface area (Å²) in [6.45, 7) is 1.03. The Morgan fingerprint density at radius 1 is 0.900 bits per heavy atom. The van der Waals surface area contributed by atoms with E-state index in [1.54, 1.807) is 0 Å². The maximum Gasteiger partial charge on any atom is 0.229 e. The Labute approximate surface area is 176 Å². The summed E-state index contributed by atoms with van der Waals surface area (Å²) in [5.74, 6) is -1.10. The van der Waals surface area contributed by atoms with E-state index in [4.69, 9.17) is 0 Å². The van der Waals surface area contributed by atoms with Gasteiger partial charge in [-0.1, -0.05) is 60.7 Å². The van der Waals surface area contributed by atoms with E-state index in [9.17, 15) is 17.6 Å². The second kappa shape index (κ2) is 9.65. The molecule has 7 heteroatoms. The number of hydrogen-bond acceptors (Lipinski definition) is 4. The number of nitrogens with zero attached hydrogens (tertiary/aromatic N) is 1. The van der Waals surface area contributed by atoms with Gasteiger partial charge in [-0.05, 0) is 29.3 Å². The van der Waals surface area contributed by atoms with Crippen LogP contribution in [-0.4, -0.2) is 31.9 Å². The van der Waals surface area contributed by atoms with E-state index in [2.05, 4.69) is 4.72 Å². The van der Waals surface area contributed by atoms with Gasteiger partial charge in [0.15, 0.2) is 5.78 Å². The van der Waals surface area contributed by atoms with E-state index >= 15 is 0 Å². The first-order valence-corrected chi connectivity index (χ1v) is 11.3. The van der Waals surface area contributed by atoms with Gasteiger partial charge in [0.2, 0.25) is 10.0 Å². The molecule has 0 amide bonds. The van der Waals surface area contributed by atoms with Crippen molar-refractivity contribution in [3.63, 3.8) is 0 Å². The highest BCUT2D eigenvalue weighted by Gasteiger charge is 2.18. The molecule has 3 rings (SSSR count). The quantitative estimate of drug-likeness (QED) is 0.524. The lowest BCUT2D eigenvalue weighted by Crippen LogP contribution is -2.29. The smallest absolute Gasteiger partial charge is 0.229 e. The molecule has 0 fully saturated rings. The van der Waals surface area contributed by atoms with E-state index in [1.807, 2.05) is 65.6 Å². The number of ketones is 1. The largest absolute Gasteiger partial charge is 0.293 e. The Hall–Kier alpha value is -3.03. The molecule has 0 spiro atoms. The highest BCUT2D eigenvalue weighted by atomic mass is 32.2. The predicted octanol–water partition coefficient (Wildman–Crippen LogP) is 4.08. The fraction of sp³-hybridized carbons (Fsp3) is 0.174. The van der Waals surface area contributed by atoms with Crippen molar-refractivity contribution >= 4 is 21.5 Å². The first-order chi connectivity index (χ1) is 14.3. The maximum absolute atomic E-state index is 14.3. The Balaban J connectivity index is 1.82. The van der Waals surface area contributed by atoms with Crippen LogP contribution in [0.25, 0.3) is 0 Å². The molecular weight excluding hydrogens is 403 g/mol. The second-order valence-corrected chi connectivity index (χ2v) is 8.86. The average molecular weight is 427 g/mol. The van der Waals surface area contributed by atoms with Crippen molar-refractivity contribution in [2.24, 2.45) is 0 Å². The number of nitrogens with one attached hydrogen (secondary N) is 1. The summed E-state index contributed by atoms with van der Waals surface area (Å²) >= 11 is 0. The molecule has 0 unspecified atom stereocenters. The molecule has 0 bridgehead atoms. The van der Waals surface area contributed by atoms with Crippen LogP contribution in [0.4, 0.5) is 10.1 Å². The van der Waals surface area contributed by atoms with Gasteiger partial charge in [0.25, 0.3) is 0 Å². The molecule has 156 valence electrons. The summed E-state index contributed by atoms with van der Waals surface area (Å²) in [5.41, 5.74) is 2.08. The third kappa shape index (κ3) is 6.50. The average Bonchev–Trinajstić information content (AvgIpc) is 2.70. The third-order valence-corrected chi connectivity index (χ3v) is 5.04. The summed E-state index contributed by atoms with van der Waals surface area (Å²) in [6, 6.07) is 23.1. The van der Waals surface area contributed by atoms with Gasteiger partial charge >= 0.3 is 0 Å². The van der Waals surface area contributed by atoms with Crippen LogP contribution in [0.15, 0.2) is 78.9 Å². The Morgan fingerprint density at radius 3 is 1.93 bits per heavy atom. The number of halogens is 1. The van der Waals surface area contributed by atoms with Crippen LogP contribution in [-0.2, 0) is 23.1 Å². The molecule has 3 aromatic rings. The van der Waals surface area contributed by atoms with E-state index in [1.165, 1.54) is 12.1 Å². The number of carbonyl (C=O) groups excluding carboxylic acids is 1. The van der Waals surface area contributed by atoms with Crippen molar-refractivity contribution in [2.45, 2.75) is 13.1 Å². The molecule has 0 saturated carbocycles. The van der Waals surface area contributed by atoms with Crippen LogP contribution < -0.4 is 4.72 Å². The number of rotatable bonds is 9. The summed E-state index contributed by atoms with van der Waals surface area (Å²) in [5, 5.41) is 0. The summed E-state index contributed by atoms with van der Waals surface area (Å²) in [6.07, 6.45) is 0.999. The summed E-state index contributed by atoms with van der Waals surface area (Å²) in [4.78, 5) is 14.8. The molecule has 30 heavy (non-hydrogen) atoms. The van der Waals surface area contributed by atoms with Crippen molar-refractivity contribution in [1.29, 1.82) is 0 Å². The van der Waals surface area contributed by atoms with E-state index < -0.39 is 21.6 Å². The SMILES string of the molecule is CS(=O)(=O)Nc1ccc(F)c(C(=O)CN(Cc2ccccc2)Cc2ccccc2)c1. The van der Waals surface area contributed by atoms with Crippen LogP contribution in [0.3, 0.4) is 0 Å². The molecule has 0 heterocycles. The molecule has 0 aliphatic rings. The lowest BCUT2D eigenvalue weighted by molar-refractivity contribution is 0.0916. The normalized spacial score (nSPS) is 11.4. The van der Waals surface area contributed by atoms with Gasteiger partial charge in [0.1, 0.15) is 5.82 Å². The zero-order chi connectivity index (χ0) is 21.6. The van der Waals surface area contributed by atoms with Gasteiger partial charge in [-0.15, -0.1) is 0 Å².